The van der Waals surface area contributed by atoms with Crippen LogP contribution in [-0.4, -0.2) is 0 Å². The van der Waals surface area contributed by atoms with Gasteiger partial charge in [-0.15, -0.1) is 0 Å². The molecular formula is C34H40N2O. The fraction of sp³-hybridized carbons (Fsp3) is 0.294. The zero-order chi connectivity index (χ0) is 26.4. The number of benzene rings is 4. The van der Waals surface area contributed by atoms with Gasteiger partial charge in [0.1, 0.15) is 11.5 Å². The summed E-state index contributed by atoms with van der Waals surface area (Å²) < 4.78 is 6.10. The molecule has 37 heavy (non-hydrogen) atoms. The van der Waals surface area contributed by atoms with Gasteiger partial charge in [-0.1, -0.05) is 62.4 Å². The van der Waals surface area contributed by atoms with E-state index in [4.69, 9.17) is 16.2 Å². The second kappa shape index (κ2) is 12.0. The van der Waals surface area contributed by atoms with Crippen LogP contribution >= 0.6 is 0 Å². The standard InChI is InChI=1S/C34H40N2O/c1-5-29-21-27(19-23(3)33(29)35)9-7-25-11-15-31(16-12-25)37-32-17-13-26(14-18-32)8-10-28-20-24(4)34(36)30(6-2)22-28/h11-22H,5-10,35-36H2,1-4H3. The number of hydrogen-bond donors (Lipinski definition) is 2. The molecule has 0 radical (unpaired) electrons. The van der Waals surface area contributed by atoms with Gasteiger partial charge >= 0.3 is 0 Å². The summed E-state index contributed by atoms with van der Waals surface area (Å²) in [4.78, 5) is 0. The fourth-order valence-corrected chi connectivity index (χ4v) is 4.94. The third-order valence-electron chi connectivity index (χ3n) is 7.31. The van der Waals surface area contributed by atoms with Gasteiger partial charge in [0.25, 0.3) is 0 Å². The maximum Gasteiger partial charge on any atom is 0.127 e. The van der Waals surface area contributed by atoms with Gasteiger partial charge in [-0.25, -0.2) is 0 Å². The van der Waals surface area contributed by atoms with Crippen molar-refractivity contribution >= 4 is 11.4 Å². The summed E-state index contributed by atoms with van der Waals surface area (Å²) in [6.45, 7) is 8.51. The quantitative estimate of drug-likeness (QED) is 0.221. The normalized spacial score (nSPS) is 11.0. The van der Waals surface area contributed by atoms with Crippen LogP contribution in [0.4, 0.5) is 11.4 Å². The van der Waals surface area contributed by atoms with Gasteiger partial charge in [0.2, 0.25) is 0 Å². The molecule has 0 saturated carbocycles. The van der Waals surface area contributed by atoms with Gasteiger partial charge in [0, 0.05) is 11.4 Å². The predicted molar refractivity (Wildman–Crippen MR) is 158 cm³/mol. The Bertz CT molecular complexity index is 1230. The maximum absolute atomic E-state index is 6.20. The molecule has 0 aromatic heterocycles. The lowest BCUT2D eigenvalue weighted by molar-refractivity contribution is 0.482. The molecular weight excluding hydrogens is 452 g/mol. The molecule has 0 bridgehead atoms. The largest absolute Gasteiger partial charge is 0.457 e. The van der Waals surface area contributed by atoms with Crippen molar-refractivity contribution in [3.63, 3.8) is 0 Å². The molecule has 4 N–H and O–H groups in total. The Kier molecular flexibility index (Phi) is 8.55. The van der Waals surface area contributed by atoms with Crippen molar-refractivity contribution in [1.29, 1.82) is 0 Å². The summed E-state index contributed by atoms with van der Waals surface area (Å²) in [5.41, 5.74) is 24.4. The Morgan fingerprint density at radius 1 is 0.514 bits per heavy atom. The molecule has 0 aliphatic rings. The third-order valence-corrected chi connectivity index (χ3v) is 7.31. The van der Waals surface area contributed by atoms with Gasteiger partial charge < -0.3 is 16.2 Å². The summed E-state index contributed by atoms with van der Waals surface area (Å²) >= 11 is 0. The Morgan fingerprint density at radius 2 is 0.865 bits per heavy atom. The highest BCUT2D eigenvalue weighted by molar-refractivity contribution is 5.56. The van der Waals surface area contributed by atoms with E-state index >= 15 is 0 Å². The first-order chi connectivity index (χ1) is 17.9. The second-order valence-electron chi connectivity index (χ2n) is 10.1. The fourth-order valence-electron chi connectivity index (χ4n) is 4.94. The van der Waals surface area contributed by atoms with Crippen LogP contribution in [0.1, 0.15) is 58.4 Å². The number of ether oxygens (including phenoxy) is 1. The molecule has 0 saturated heterocycles. The predicted octanol–water partition coefficient (Wildman–Crippen LogP) is 7.96. The van der Waals surface area contributed by atoms with Gasteiger partial charge in [-0.05, 0) is 121 Å². The van der Waals surface area contributed by atoms with Crippen LogP contribution in [0, 0.1) is 13.8 Å². The highest BCUT2D eigenvalue weighted by Gasteiger charge is 2.07. The van der Waals surface area contributed by atoms with Gasteiger partial charge in [-0.2, -0.15) is 0 Å². The van der Waals surface area contributed by atoms with Gasteiger partial charge in [0.15, 0.2) is 0 Å². The Morgan fingerprint density at radius 3 is 1.22 bits per heavy atom. The molecule has 0 heterocycles. The Labute approximate surface area is 222 Å². The maximum atomic E-state index is 6.20. The highest BCUT2D eigenvalue weighted by atomic mass is 16.5. The van der Waals surface area contributed by atoms with E-state index < -0.39 is 0 Å². The molecule has 4 aromatic rings. The van der Waals surface area contributed by atoms with Crippen molar-refractivity contribution < 1.29 is 4.74 Å². The summed E-state index contributed by atoms with van der Waals surface area (Å²) in [5.74, 6) is 1.72. The third kappa shape index (κ3) is 6.74. The zero-order valence-corrected chi connectivity index (χ0v) is 22.7. The first kappa shape index (κ1) is 26.3. The van der Waals surface area contributed by atoms with Gasteiger partial charge in [-0.3, -0.25) is 0 Å². The Hall–Kier alpha value is -3.72. The number of aryl methyl sites for hydroxylation is 8. The second-order valence-corrected chi connectivity index (χ2v) is 10.1. The van der Waals surface area contributed by atoms with Crippen molar-refractivity contribution in [3.05, 3.63) is 117 Å². The van der Waals surface area contributed by atoms with E-state index in [9.17, 15) is 0 Å². The van der Waals surface area contributed by atoms with E-state index in [1.165, 1.54) is 44.5 Å². The molecule has 0 unspecified atom stereocenters. The smallest absolute Gasteiger partial charge is 0.127 e. The van der Waals surface area contributed by atoms with Gasteiger partial charge in [0.05, 0.1) is 0 Å². The monoisotopic (exact) mass is 492 g/mol. The lowest BCUT2D eigenvalue weighted by Gasteiger charge is -2.12. The van der Waals surface area contributed by atoms with Crippen LogP contribution in [0.15, 0.2) is 72.8 Å². The average molecular weight is 493 g/mol. The lowest BCUT2D eigenvalue weighted by Crippen LogP contribution is -2.00. The topological polar surface area (TPSA) is 61.3 Å². The number of nitrogens with two attached hydrogens (primary N) is 2. The van der Waals surface area contributed by atoms with Crippen LogP contribution in [-0.2, 0) is 38.5 Å². The summed E-state index contributed by atoms with van der Waals surface area (Å²) in [6.07, 6.45) is 5.94. The molecule has 4 aromatic carbocycles. The minimum absolute atomic E-state index is 0.859. The van der Waals surface area contributed by atoms with Crippen molar-refractivity contribution in [2.75, 3.05) is 11.5 Å². The molecule has 192 valence electrons. The lowest BCUT2D eigenvalue weighted by atomic mass is 9.97. The average Bonchev–Trinajstić information content (AvgIpc) is 2.91. The van der Waals surface area contributed by atoms with E-state index in [1.54, 1.807) is 0 Å². The van der Waals surface area contributed by atoms with Crippen LogP contribution in [0.3, 0.4) is 0 Å². The number of anilines is 2. The number of rotatable bonds is 10. The minimum atomic E-state index is 0.859. The molecule has 0 fully saturated rings. The first-order valence-electron chi connectivity index (χ1n) is 13.5. The number of hydrogen-bond acceptors (Lipinski definition) is 3. The summed E-state index contributed by atoms with van der Waals surface area (Å²) in [7, 11) is 0. The molecule has 4 rings (SSSR count). The molecule has 0 aliphatic carbocycles. The molecule has 3 nitrogen and oxygen atoms in total. The SMILES string of the molecule is CCc1cc(CCc2ccc(Oc3ccc(CCc4cc(C)c(N)c(CC)c4)cc3)cc2)cc(C)c1N. The molecule has 0 spiro atoms. The van der Waals surface area contributed by atoms with Crippen molar-refractivity contribution in [2.24, 2.45) is 0 Å². The van der Waals surface area contributed by atoms with Crippen molar-refractivity contribution in [2.45, 2.75) is 66.2 Å². The summed E-state index contributed by atoms with van der Waals surface area (Å²) in [6, 6.07) is 25.8. The van der Waals surface area contributed by atoms with Crippen LogP contribution in [0.2, 0.25) is 0 Å². The molecule has 3 heteroatoms. The summed E-state index contributed by atoms with van der Waals surface area (Å²) in [5, 5.41) is 0. The highest BCUT2D eigenvalue weighted by Crippen LogP contribution is 2.25. The van der Waals surface area contributed by atoms with Crippen LogP contribution in [0.5, 0.6) is 11.5 Å². The molecule has 0 aliphatic heterocycles. The van der Waals surface area contributed by atoms with Crippen molar-refractivity contribution in [3.8, 4) is 11.5 Å². The molecule has 0 atom stereocenters. The zero-order valence-electron chi connectivity index (χ0n) is 22.7. The first-order valence-corrected chi connectivity index (χ1v) is 13.5. The van der Waals surface area contributed by atoms with E-state index in [0.717, 1.165) is 61.4 Å². The van der Waals surface area contributed by atoms with E-state index in [1.807, 2.05) is 0 Å². The minimum Gasteiger partial charge on any atom is -0.457 e. The van der Waals surface area contributed by atoms with E-state index in [-0.39, 0.29) is 0 Å². The molecule has 0 amide bonds. The van der Waals surface area contributed by atoms with Crippen LogP contribution in [0.25, 0.3) is 0 Å². The number of nitrogen functional groups attached to an aromatic ring is 2. The van der Waals surface area contributed by atoms with Crippen LogP contribution < -0.4 is 16.2 Å². The van der Waals surface area contributed by atoms with Crippen molar-refractivity contribution in [1.82, 2.24) is 0 Å². The Balaban J connectivity index is 1.30. The van der Waals surface area contributed by atoms with E-state index in [2.05, 4.69) is 100 Å². The van der Waals surface area contributed by atoms with E-state index in [0.29, 0.717) is 0 Å².